The maximum atomic E-state index is 10.6. The highest BCUT2D eigenvalue weighted by molar-refractivity contribution is 5.67. The van der Waals surface area contributed by atoms with Crippen molar-refractivity contribution < 1.29 is 14.6 Å². The Morgan fingerprint density at radius 2 is 2.38 bits per heavy atom. The Labute approximate surface area is 93.4 Å². The first kappa shape index (κ1) is 12.6. The summed E-state index contributed by atoms with van der Waals surface area (Å²) in [5.41, 5.74) is 0. The number of ether oxygens (including phenoxy) is 1. The van der Waals surface area contributed by atoms with Crippen LogP contribution in [0.25, 0.3) is 0 Å². The van der Waals surface area contributed by atoms with E-state index in [1.165, 1.54) is 4.68 Å². The fourth-order valence-corrected chi connectivity index (χ4v) is 1.30. The summed E-state index contributed by atoms with van der Waals surface area (Å²) in [6.45, 7) is 4.72. The molecule has 1 rings (SSSR count). The van der Waals surface area contributed by atoms with Crippen molar-refractivity contribution >= 4 is 5.97 Å². The number of carboxylic acids is 1. The van der Waals surface area contributed by atoms with Gasteiger partial charge in [0, 0.05) is 6.61 Å². The van der Waals surface area contributed by atoms with Crippen LogP contribution in [0.15, 0.2) is 0 Å². The number of aromatic nitrogens is 4. The molecule has 0 aliphatic rings. The highest BCUT2D eigenvalue weighted by Gasteiger charge is 2.15. The van der Waals surface area contributed by atoms with Gasteiger partial charge in [-0.15, -0.1) is 5.10 Å². The van der Waals surface area contributed by atoms with E-state index in [0.717, 1.165) is 6.42 Å². The minimum absolute atomic E-state index is 0.00812. The largest absolute Gasteiger partial charge is 0.481 e. The van der Waals surface area contributed by atoms with Crippen LogP contribution in [0.3, 0.4) is 0 Å². The predicted octanol–water partition coefficient (Wildman–Crippen LogP) is 0.635. The maximum absolute atomic E-state index is 10.6. The van der Waals surface area contributed by atoms with Crippen molar-refractivity contribution in [2.75, 3.05) is 6.61 Å². The van der Waals surface area contributed by atoms with Crippen LogP contribution in [-0.2, 0) is 16.1 Å². The summed E-state index contributed by atoms with van der Waals surface area (Å²) in [5, 5.41) is 19.8. The van der Waals surface area contributed by atoms with Gasteiger partial charge in [0.25, 0.3) is 0 Å². The molecule has 0 saturated carbocycles. The van der Waals surface area contributed by atoms with Gasteiger partial charge in [-0.3, -0.25) is 4.79 Å². The minimum atomic E-state index is -0.872. The van der Waals surface area contributed by atoms with Crippen molar-refractivity contribution in [2.24, 2.45) is 0 Å². The highest BCUT2D eigenvalue weighted by atomic mass is 16.5. The number of carboxylic acid groups (broad SMARTS) is 1. The van der Waals surface area contributed by atoms with Gasteiger partial charge in [-0.25, -0.2) is 4.68 Å². The lowest BCUT2D eigenvalue weighted by molar-refractivity contribution is -0.137. The number of aliphatic carboxylic acids is 1. The van der Waals surface area contributed by atoms with Gasteiger partial charge in [0.15, 0.2) is 5.82 Å². The summed E-state index contributed by atoms with van der Waals surface area (Å²) < 4.78 is 6.80. The molecule has 90 valence electrons. The summed E-state index contributed by atoms with van der Waals surface area (Å²) in [5.74, 6) is -0.314. The molecular formula is C9H16N4O3. The number of tetrazole rings is 1. The van der Waals surface area contributed by atoms with Gasteiger partial charge in [0.1, 0.15) is 6.61 Å². The predicted molar refractivity (Wildman–Crippen MR) is 54.7 cm³/mol. The Balaban J connectivity index is 2.58. The average Bonchev–Trinajstić information content (AvgIpc) is 2.65. The number of nitrogens with zero attached hydrogens (tertiary/aromatic N) is 4. The Kier molecular flexibility index (Phi) is 4.84. The standard InChI is InChI=1S/C9H16N4O3/c1-3-4-16-6-8-10-11-12-13(8)7(2)5-9(14)15/h7H,3-6H2,1-2H3,(H,14,15). The van der Waals surface area contributed by atoms with Crippen molar-refractivity contribution in [3.63, 3.8) is 0 Å². The first-order chi connectivity index (χ1) is 7.65. The Hall–Kier alpha value is -1.50. The van der Waals surface area contributed by atoms with Crippen molar-refractivity contribution in [1.29, 1.82) is 0 Å². The lowest BCUT2D eigenvalue weighted by Crippen LogP contribution is -2.15. The fourth-order valence-electron chi connectivity index (χ4n) is 1.30. The van der Waals surface area contributed by atoms with Gasteiger partial charge in [-0.05, 0) is 23.8 Å². The third kappa shape index (κ3) is 3.58. The summed E-state index contributed by atoms with van der Waals surface area (Å²) in [4.78, 5) is 10.6. The molecule has 7 nitrogen and oxygen atoms in total. The molecule has 1 N–H and O–H groups in total. The molecule has 1 aromatic heterocycles. The molecule has 0 aliphatic carbocycles. The monoisotopic (exact) mass is 228 g/mol. The number of rotatable bonds is 7. The molecule has 7 heteroatoms. The zero-order valence-electron chi connectivity index (χ0n) is 9.46. The number of hydrogen-bond donors (Lipinski definition) is 1. The summed E-state index contributed by atoms with van der Waals surface area (Å²) in [6.07, 6.45) is 0.915. The zero-order chi connectivity index (χ0) is 12.0. The Bertz CT molecular complexity index is 339. The topological polar surface area (TPSA) is 90.1 Å². The van der Waals surface area contributed by atoms with Crippen LogP contribution in [0, 0.1) is 0 Å². The van der Waals surface area contributed by atoms with Gasteiger partial charge in [-0.2, -0.15) is 0 Å². The van der Waals surface area contributed by atoms with Crippen LogP contribution in [0.2, 0.25) is 0 Å². The molecule has 0 fully saturated rings. The molecule has 0 spiro atoms. The summed E-state index contributed by atoms with van der Waals surface area (Å²) in [7, 11) is 0. The van der Waals surface area contributed by atoms with Gasteiger partial charge < -0.3 is 9.84 Å². The van der Waals surface area contributed by atoms with Crippen molar-refractivity contribution in [2.45, 2.75) is 39.3 Å². The SMILES string of the molecule is CCCOCc1nnnn1C(C)CC(=O)O. The maximum Gasteiger partial charge on any atom is 0.305 e. The van der Waals surface area contributed by atoms with Crippen LogP contribution >= 0.6 is 0 Å². The average molecular weight is 228 g/mol. The molecule has 16 heavy (non-hydrogen) atoms. The Morgan fingerprint density at radius 3 is 3.00 bits per heavy atom. The smallest absolute Gasteiger partial charge is 0.305 e. The van der Waals surface area contributed by atoms with Gasteiger partial charge in [-0.1, -0.05) is 6.92 Å². The molecule has 0 bridgehead atoms. The Morgan fingerprint density at radius 1 is 1.62 bits per heavy atom. The lowest BCUT2D eigenvalue weighted by Gasteiger charge is -2.10. The van der Waals surface area contributed by atoms with E-state index in [0.29, 0.717) is 19.0 Å². The van der Waals surface area contributed by atoms with Crippen LogP contribution in [0.5, 0.6) is 0 Å². The molecule has 1 aromatic rings. The molecule has 0 saturated heterocycles. The van der Waals surface area contributed by atoms with E-state index in [1.807, 2.05) is 6.92 Å². The van der Waals surface area contributed by atoms with E-state index in [2.05, 4.69) is 15.5 Å². The second-order valence-corrected chi connectivity index (χ2v) is 3.54. The van der Waals surface area contributed by atoms with Crippen LogP contribution in [-0.4, -0.2) is 37.9 Å². The highest BCUT2D eigenvalue weighted by Crippen LogP contribution is 2.10. The van der Waals surface area contributed by atoms with E-state index in [-0.39, 0.29) is 12.5 Å². The van der Waals surface area contributed by atoms with Gasteiger partial charge in [0.05, 0.1) is 12.5 Å². The molecule has 1 unspecified atom stereocenters. The quantitative estimate of drug-likeness (QED) is 0.688. The normalized spacial score (nSPS) is 12.6. The third-order valence-electron chi connectivity index (χ3n) is 2.03. The molecule has 0 amide bonds. The second-order valence-electron chi connectivity index (χ2n) is 3.54. The van der Waals surface area contributed by atoms with E-state index < -0.39 is 5.97 Å². The lowest BCUT2D eigenvalue weighted by atomic mass is 10.2. The van der Waals surface area contributed by atoms with Crippen LogP contribution < -0.4 is 0 Å². The van der Waals surface area contributed by atoms with E-state index in [1.54, 1.807) is 6.92 Å². The van der Waals surface area contributed by atoms with Gasteiger partial charge >= 0.3 is 5.97 Å². The van der Waals surface area contributed by atoms with Crippen molar-refractivity contribution in [3.05, 3.63) is 5.82 Å². The second kappa shape index (κ2) is 6.16. The van der Waals surface area contributed by atoms with Crippen LogP contribution in [0.4, 0.5) is 0 Å². The zero-order valence-corrected chi connectivity index (χ0v) is 9.46. The molecule has 1 heterocycles. The first-order valence-corrected chi connectivity index (χ1v) is 5.21. The minimum Gasteiger partial charge on any atom is -0.481 e. The van der Waals surface area contributed by atoms with Crippen LogP contribution in [0.1, 0.15) is 38.6 Å². The molecular weight excluding hydrogens is 212 g/mol. The molecule has 0 radical (unpaired) electrons. The number of carbonyl (C=O) groups is 1. The van der Waals surface area contributed by atoms with E-state index >= 15 is 0 Å². The summed E-state index contributed by atoms with van der Waals surface area (Å²) in [6, 6.07) is -0.271. The van der Waals surface area contributed by atoms with Gasteiger partial charge in [0.2, 0.25) is 0 Å². The molecule has 1 atom stereocenters. The van der Waals surface area contributed by atoms with E-state index in [9.17, 15) is 4.79 Å². The first-order valence-electron chi connectivity index (χ1n) is 5.21. The molecule has 0 aliphatic heterocycles. The molecule has 0 aromatic carbocycles. The fraction of sp³-hybridized carbons (Fsp3) is 0.778. The van der Waals surface area contributed by atoms with Crippen molar-refractivity contribution in [1.82, 2.24) is 20.2 Å². The summed E-state index contributed by atoms with van der Waals surface area (Å²) >= 11 is 0. The number of hydrogen-bond acceptors (Lipinski definition) is 5. The third-order valence-corrected chi connectivity index (χ3v) is 2.03. The van der Waals surface area contributed by atoms with E-state index in [4.69, 9.17) is 9.84 Å². The van der Waals surface area contributed by atoms with Crippen molar-refractivity contribution in [3.8, 4) is 0 Å².